The standard InChI is InChI=1S/C64H62BOP/c1-43-31-45(3)61(46(4)32-43)65(62-47(5)33-44(2)34-48(62)6)57-18-14-17-54(37-57)53-16-13-15-52(36-53)51-23-25-55(26-24-51)63-38-49-35-50(39-63)41-64(40-49,42-63)56-27-29-60(30-28-56)67(66,58-19-9-7-10-20-58)59-21-11-8-12-22-59/h7-34,36-37,49-50H,35,38-42H2,1-6H3. The van der Waals surface area contributed by atoms with Crippen LogP contribution in [0.5, 0.6) is 0 Å². The van der Waals surface area contributed by atoms with Gasteiger partial charge in [-0.1, -0.05) is 226 Å². The summed E-state index contributed by atoms with van der Waals surface area (Å²) < 4.78 is 15.2. The van der Waals surface area contributed by atoms with Crippen LogP contribution in [0, 0.1) is 53.4 Å². The van der Waals surface area contributed by atoms with Crippen molar-refractivity contribution in [3.8, 4) is 22.3 Å². The Labute approximate surface area is 400 Å². The monoisotopic (exact) mass is 888 g/mol. The zero-order valence-electron chi connectivity index (χ0n) is 40.2. The van der Waals surface area contributed by atoms with Crippen LogP contribution in [0.1, 0.15) is 83.0 Å². The topological polar surface area (TPSA) is 17.1 Å². The molecule has 0 saturated heterocycles. The summed E-state index contributed by atoms with van der Waals surface area (Å²) in [4.78, 5) is 0. The number of rotatable bonds is 10. The lowest BCUT2D eigenvalue weighted by Gasteiger charge is -2.63. The van der Waals surface area contributed by atoms with Crippen molar-refractivity contribution in [2.24, 2.45) is 11.8 Å². The van der Waals surface area contributed by atoms with Gasteiger partial charge >= 0.3 is 0 Å². The molecule has 0 N–H and O–H groups in total. The van der Waals surface area contributed by atoms with Gasteiger partial charge in [-0.05, 0) is 142 Å². The SMILES string of the molecule is Cc1cc(C)c(B(c2cccc(-c3cccc(-c4ccc(C56CC7CC(C5)CC(c5ccc(P(=O)(c8ccccc8)c8ccccc8)cc5)(C7)C6)cc4)c3)c2)c2c(C)cc(C)cc2C)c(C)c1. The second-order valence-electron chi connectivity index (χ2n) is 21.2. The van der Waals surface area contributed by atoms with E-state index in [1.165, 1.54) is 122 Å². The Kier molecular flexibility index (Phi) is 11.1. The fourth-order valence-electron chi connectivity index (χ4n) is 14.2. The molecule has 8 aromatic rings. The maximum absolute atomic E-state index is 15.2. The van der Waals surface area contributed by atoms with Gasteiger partial charge in [-0.25, -0.2) is 0 Å². The third-order valence-corrected chi connectivity index (χ3v) is 19.5. The van der Waals surface area contributed by atoms with Gasteiger partial charge < -0.3 is 4.57 Å². The van der Waals surface area contributed by atoms with Gasteiger partial charge in [0.15, 0.2) is 7.14 Å². The third-order valence-electron chi connectivity index (χ3n) is 16.4. The molecule has 0 aromatic heterocycles. The van der Waals surface area contributed by atoms with Crippen molar-refractivity contribution < 1.29 is 4.57 Å². The number of hydrogen-bond donors (Lipinski definition) is 0. The lowest BCUT2D eigenvalue weighted by molar-refractivity contribution is -0.0281. The zero-order chi connectivity index (χ0) is 46.1. The second kappa shape index (κ2) is 17.0. The Bertz CT molecular complexity index is 3020. The van der Waals surface area contributed by atoms with Gasteiger partial charge in [0.1, 0.15) is 0 Å². The van der Waals surface area contributed by atoms with Crippen molar-refractivity contribution in [1.82, 2.24) is 0 Å². The van der Waals surface area contributed by atoms with Crippen LogP contribution in [0.3, 0.4) is 0 Å². The molecule has 1 nitrogen and oxygen atoms in total. The van der Waals surface area contributed by atoms with Gasteiger partial charge in [0.25, 0.3) is 0 Å². The summed E-state index contributed by atoms with van der Waals surface area (Å²) in [5, 5.41) is 2.70. The summed E-state index contributed by atoms with van der Waals surface area (Å²) in [5.74, 6) is 1.48. The van der Waals surface area contributed by atoms with Gasteiger partial charge in [-0.2, -0.15) is 0 Å². The molecule has 0 spiro atoms. The van der Waals surface area contributed by atoms with Crippen LogP contribution in [-0.4, -0.2) is 6.71 Å². The van der Waals surface area contributed by atoms with E-state index in [2.05, 4.69) is 163 Å². The molecule has 332 valence electrons. The van der Waals surface area contributed by atoms with E-state index in [4.69, 9.17) is 0 Å². The predicted molar refractivity (Wildman–Crippen MR) is 287 cm³/mol. The fourth-order valence-corrected chi connectivity index (χ4v) is 16.9. The second-order valence-corrected chi connectivity index (χ2v) is 24.0. The molecule has 67 heavy (non-hydrogen) atoms. The first kappa shape index (κ1) is 43.6. The Balaban J connectivity index is 0.889. The van der Waals surface area contributed by atoms with Crippen LogP contribution in [-0.2, 0) is 15.4 Å². The summed E-state index contributed by atoms with van der Waals surface area (Å²) >= 11 is 0. The Morgan fingerprint density at radius 1 is 0.418 bits per heavy atom. The molecule has 4 saturated carbocycles. The zero-order valence-corrected chi connectivity index (χ0v) is 41.0. The highest BCUT2D eigenvalue weighted by molar-refractivity contribution is 7.85. The average molecular weight is 889 g/mol. The maximum Gasteiger partial charge on any atom is 0.242 e. The molecule has 8 aromatic carbocycles. The molecule has 0 amide bonds. The highest BCUT2D eigenvalue weighted by Crippen LogP contribution is 2.66. The molecule has 0 radical (unpaired) electrons. The molecule has 2 atom stereocenters. The first-order valence-electron chi connectivity index (χ1n) is 24.7. The third kappa shape index (κ3) is 7.71. The molecule has 4 aliphatic carbocycles. The molecule has 4 fully saturated rings. The number of benzene rings is 8. The summed E-state index contributed by atoms with van der Waals surface area (Å²) in [6.45, 7) is 13.7. The molecule has 0 heterocycles. The van der Waals surface area contributed by atoms with Crippen molar-refractivity contribution >= 4 is 46.2 Å². The van der Waals surface area contributed by atoms with E-state index < -0.39 is 7.14 Å². The molecular weight excluding hydrogens is 826 g/mol. The fraction of sp³-hybridized carbons (Fsp3) is 0.250. The van der Waals surface area contributed by atoms with Crippen LogP contribution in [0.2, 0.25) is 0 Å². The Morgan fingerprint density at radius 3 is 1.30 bits per heavy atom. The summed E-state index contributed by atoms with van der Waals surface area (Å²) in [7, 11) is -3.02. The van der Waals surface area contributed by atoms with Crippen molar-refractivity contribution in [3.63, 3.8) is 0 Å². The largest absolute Gasteiger partial charge is 0.309 e. The summed E-state index contributed by atoms with van der Waals surface area (Å²) in [6.07, 6.45) is 7.66. The van der Waals surface area contributed by atoms with Gasteiger partial charge in [-0.15, -0.1) is 0 Å². The normalized spacial score (nSPS) is 20.8. The number of hydrogen-bond acceptors (Lipinski definition) is 1. The van der Waals surface area contributed by atoms with Crippen molar-refractivity contribution in [3.05, 3.63) is 226 Å². The van der Waals surface area contributed by atoms with E-state index in [0.29, 0.717) is 0 Å². The van der Waals surface area contributed by atoms with E-state index in [1.807, 2.05) is 60.7 Å². The van der Waals surface area contributed by atoms with Gasteiger partial charge in [0.05, 0.1) is 0 Å². The van der Waals surface area contributed by atoms with Crippen LogP contribution in [0.4, 0.5) is 0 Å². The maximum atomic E-state index is 15.2. The summed E-state index contributed by atoms with van der Waals surface area (Å²) in [6, 6.07) is 67.0. The van der Waals surface area contributed by atoms with Crippen molar-refractivity contribution in [2.45, 2.75) is 90.9 Å². The van der Waals surface area contributed by atoms with Crippen LogP contribution in [0.25, 0.3) is 22.3 Å². The van der Waals surface area contributed by atoms with E-state index >= 15 is 4.57 Å². The van der Waals surface area contributed by atoms with Gasteiger partial charge in [0.2, 0.25) is 6.71 Å². The highest BCUT2D eigenvalue weighted by Gasteiger charge is 2.58. The van der Waals surface area contributed by atoms with E-state index in [0.717, 1.165) is 27.7 Å². The molecule has 3 heteroatoms. The predicted octanol–water partition coefficient (Wildman–Crippen LogP) is 12.8. The van der Waals surface area contributed by atoms with E-state index in [9.17, 15) is 0 Å². The average Bonchev–Trinajstić information content (AvgIpc) is 3.33. The Hall–Kier alpha value is -5.95. The molecular formula is C64H62BOP. The first-order chi connectivity index (χ1) is 32.4. The van der Waals surface area contributed by atoms with Crippen LogP contribution in [0.15, 0.2) is 182 Å². The van der Waals surface area contributed by atoms with Crippen LogP contribution >= 0.6 is 7.14 Å². The van der Waals surface area contributed by atoms with Gasteiger partial charge in [-0.3, -0.25) is 0 Å². The smallest absolute Gasteiger partial charge is 0.242 e. The van der Waals surface area contributed by atoms with Crippen molar-refractivity contribution in [2.75, 3.05) is 0 Å². The first-order valence-corrected chi connectivity index (χ1v) is 26.4. The van der Waals surface area contributed by atoms with E-state index in [-0.39, 0.29) is 17.5 Å². The Morgan fingerprint density at radius 2 is 0.821 bits per heavy atom. The molecule has 12 rings (SSSR count). The summed E-state index contributed by atoms with van der Waals surface area (Å²) in [5.41, 5.74) is 20.5. The quantitative estimate of drug-likeness (QED) is 0.0988. The lowest BCUT2D eigenvalue weighted by Crippen LogP contribution is -2.56. The van der Waals surface area contributed by atoms with Gasteiger partial charge in [0, 0.05) is 15.9 Å². The molecule has 2 unspecified atom stereocenters. The minimum absolute atomic E-state index is 0.137. The molecule has 4 bridgehead atoms. The molecule has 0 aliphatic heterocycles. The van der Waals surface area contributed by atoms with E-state index in [1.54, 1.807) is 0 Å². The molecule has 4 aliphatic rings. The minimum Gasteiger partial charge on any atom is -0.309 e. The highest BCUT2D eigenvalue weighted by atomic mass is 31.2. The number of aryl methyl sites for hydroxylation is 6. The van der Waals surface area contributed by atoms with Crippen LogP contribution < -0.4 is 32.3 Å². The lowest BCUT2D eigenvalue weighted by atomic mass is 9.34. The van der Waals surface area contributed by atoms with Crippen molar-refractivity contribution in [1.29, 1.82) is 0 Å². The minimum atomic E-state index is -3.02.